The quantitative estimate of drug-likeness (QED) is 0.515. The highest BCUT2D eigenvalue weighted by atomic mass is 35.5. The van der Waals surface area contributed by atoms with Gasteiger partial charge in [0.15, 0.2) is 0 Å². The van der Waals surface area contributed by atoms with Gasteiger partial charge in [0.1, 0.15) is 6.54 Å². The number of nitrogens with zero attached hydrogens (tertiary/aromatic N) is 1. The molecule has 1 atom stereocenters. The predicted octanol–water partition coefficient (Wildman–Crippen LogP) is 5.35. The Morgan fingerprint density at radius 3 is 2.55 bits per heavy atom. The molecule has 1 unspecified atom stereocenters. The van der Waals surface area contributed by atoms with E-state index in [1.54, 1.807) is 49.4 Å². The molecule has 5 nitrogen and oxygen atoms in total. The lowest BCUT2D eigenvalue weighted by Gasteiger charge is -2.29. The minimum absolute atomic E-state index is 0.128. The first-order valence-corrected chi connectivity index (χ1v) is 12.8. The predicted molar refractivity (Wildman–Crippen MR) is 132 cm³/mol. The van der Waals surface area contributed by atoms with Crippen LogP contribution in [0.5, 0.6) is 0 Å². The molecule has 0 saturated carbocycles. The Kier molecular flexibility index (Phi) is 6.77. The van der Waals surface area contributed by atoms with Crippen molar-refractivity contribution in [1.29, 1.82) is 0 Å². The molecular weight excluding hydrogens is 456 g/mol. The molecule has 4 rings (SSSR count). The van der Waals surface area contributed by atoms with Gasteiger partial charge in [0, 0.05) is 5.02 Å². The SMILES string of the molecule is Cc1ccc(S(=O)(=O)N(CC(=O)NC2CCCc3ccccc32)c2cc(Cl)ccc2C)cc1. The average Bonchev–Trinajstić information content (AvgIpc) is 2.80. The molecule has 1 amide bonds. The number of anilines is 1. The Morgan fingerprint density at radius 2 is 1.79 bits per heavy atom. The second-order valence-corrected chi connectivity index (χ2v) is 10.8. The fourth-order valence-corrected chi connectivity index (χ4v) is 5.91. The van der Waals surface area contributed by atoms with Crippen molar-refractivity contribution in [3.05, 3.63) is 94.0 Å². The molecule has 7 heteroatoms. The number of hydrogen-bond donors (Lipinski definition) is 1. The van der Waals surface area contributed by atoms with Gasteiger partial charge >= 0.3 is 0 Å². The molecule has 33 heavy (non-hydrogen) atoms. The summed E-state index contributed by atoms with van der Waals surface area (Å²) in [7, 11) is -3.99. The Bertz CT molecular complexity index is 1270. The molecule has 3 aromatic rings. The number of nitrogens with one attached hydrogen (secondary N) is 1. The largest absolute Gasteiger partial charge is 0.348 e. The third kappa shape index (κ3) is 5.07. The van der Waals surface area contributed by atoms with Crippen LogP contribution in [0.25, 0.3) is 0 Å². The summed E-state index contributed by atoms with van der Waals surface area (Å²) in [6, 6.07) is 19.6. The number of amides is 1. The number of aryl methyl sites for hydroxylation is 3. The van der Waals surface area contributed by atoms with Gasteiger partial charge in [-0.05, 0) is 74.1 Å². The molecule has 3 aromatic carbocycles. The molecule has 0 aromatic heterocycles. The maximum atomic E-state index is 13.6. The summed E-state index contributed by atoms with van der Waals surface area (Å²) in [6.45, 7) is 3.36. The first kappa shape index (κ1) is 23.3. The van der Waals surface area contributed by atoms with Crippen LogP contribution in [0.2, 0.25) is 5.02 Å². The maximum Gasteiger partial charge on any atom is 0.264 e. The average molecular weight is 483 g/mol. The van der Waals surface area contributed by atoms with E-state index in [0.717, 1.165) is 34.7 Å². The summed E-state index contributed by atoms with van der Waals surface area (Å²) in [5.74, 6) is -0.355. The van der Waals surface area contributed by atoms with E-state index < -0.39 is 10.0 Å². The summed E-state index contributed by atoms with van der Waals surface area (Å²) in [6.07, 6.45) is 2.78. The van der Waals surface area contributed by atoms with E-state index in [1.807, 2.05) is 25.1 Å². The molecule has 0 saturated heterocycles. The second-order valence-electron chi connectivity index (χ2n) is 8.47. The van der Waals surface area contributed by atoms with Crippen molar-refractivity contribution in [2.45, 2.75) is 44.0 Å². The summed E-state index contributed by atoms with van der Waals surface area (Å²) < 4.78 is 28.4. The molecule has 0 aliphatic heterocycles. The lowest BCUT2D eigenvalue weighted by molar-refractivity contribution is -0.120. The van der Waals surface area contributed by atoms with Gasteiger partial charge in [-0.1, -0.05) is 59.6 Å². The summed E-state index contributed by atoms with van der Waals surface area (Å²) in [5.41, 5.74) is 4.38. The fraction of sp³-hybridized carbons (Fsp3) is 0.269. The number of fused-ring (bicyclic) bond motifs is 1. The highest BCUT2D eigenvalue weighted by Crippen LogP contribution is 2.31. The molecule has 0 fully saturated rings. The first-order chi connectivity index (χ1) is 15.8. The molecule has 0 spiro atoms. The minimum Gasteiger partial charge on any atom is -0.348 e. The van der Waals surface area contributed by atoms with Crippen LogP contribution < -0.4 is 9.62 Å². The lowest BCUT2D eigenvalue weighted by Crippen LogP contribution is -2.42. The Morgan fingerprint density at radius 1 is 1.06 bits per heavy atom. The lowest BCUT2D eigenvalue weighted by atomic mass is 9.88. The van der Waals surface area contributed by atoms with Crippen LogP contribution in [0.3, 0.4) is 0 Å². The van der Waals surface area contributed by atoms with E-state index in [2.05, 4.69) is 11.4 Å². The number of rotatable bonds is 6. The highest BCUT2D eigenvalue weighted by Gasteiger charge is 2.30. The number of halogens is 1. The van der Waals surface area contributed by atoms with E-state index >= 15 is 0 Å². The number of carbonyl (C=O) groups excluding carboxylic acids is 1. The van der Waals surface area contributed by atoms with Crippen molar-refractivity contribution in [3.8, 4) is 0 Å². The van der Waals surface area contributed by atoms with Crippen molar-refractivity contribution in [1.82, 2.24) is 5.32 Å². The molecule has 1 N–H and O–H groups in total. The molecule has 1 aliphatic rings. The van der Waals surface area contributed by atoms with Crippen molar-refractivity contribution >= 4 is 33.2 Å². The second kappa shape index (κ2) is 9.57. The normalized spacial score (nSPS) is 15.5. The van der Waals surface area contributed by atoms with Gasteiger partial charge in [-0.15, -0.1) is 0 Å². The van der Waals surface area contributed by atoms with Gasteiger partial charge in [0.2, 0.25) is 5.91 Å². The fourth-order valence-electron chi connectivity index (χ4n) is 4.26. The standard InChI is InChI=1S/C26H27ClN2O3S/c1-18-10-14-22(15-11-18)33(31,32)29(25-16-21(27)13-12-19(25)2)17-26(30)28-24-9-5-7-20-6-3-4-8-23(20)24/h3-4,6,8,10-16,24H,5,7,9,17H2,1-2H3,(H,28,30). The smallest absolute Gasteiger partial charge is 0.264 e. The van der Waals surface area contributed by atoms with E-state index in [1.165, 1.54) is 5.56 Å². The number of carbonyl (C=O) groups is 1. The third-order valence-electron chi connectivity index (χ3n) is 6.04. The zero-order valence-corrected chi connectivity index (χ0v) is 20.3. The molecule has 1 aliphatic carbocycles. The highest BCUT2D eigenvalue weighted by molar-refractivity contribution is 7.92. The Balaban J connectivity index is 1.66. The number of sulfonamides is 1. The van der Waals surface area contributed by atoms with Crippen LogP contribution >= 0.6 is 11.6 Å². The summed E-state index contributed by atoms with van der Waals surface area (Å²) >= 11 is 6.20. The third-order valence-corrected chi connectivity index (χ3v) is 8.05. The Labute approximate surface area is 200 Å². The molecule has 0 heterocycles. The van der Waals surface area contributed by atoms with Gasteiger partial charge in [-0.25, -0.2) is 8.42 Å². The maximum absolute atomic E-state index is 13.6. The van der Waals surface area contributed by atoms with Gasteiger partial charge in [0.25, 0.3) is 10.0 Å². The molecule has 0 bridgehead atoms. The van der Waals surface area contributed by atoms with Crippen LogP contribution in [-0.2, 0) is 21.2 Å². The van der Waals surface area contributed by atoms with E-state index in [9.17, 15) is 13.2 Å². The van der Waals surface area contributed by atoms with Gasteiger partial charge in [-0.2, -0.15) is 0 Å². The molecule has 172 valence electrons. The Hall–Kier alpha value is -2.83. The van der Waals surface area contributed by atoms with Crippen LogP contribution in [0.4, 0.5) is 5.69 Å². The van der Waals surface area contributed by atoms with E-state index in [0.29, 0.717) is 16.3 Å². The topological polar surface area (TPSA) is 66.5 Å². The molecular formula is C26H27ClN2O3S. The monoisotopic (exact) mass is 482 g/mol. The van der Waals surface area contributed by atoms with Gasteiger partial charge in [-0.3, -0.25) is 9.10 Å². The zero-order chi connectivity index (χ0) is 23.6. The van der Waals surface area contributed by atoms with Gasteiger partial charge < -0.3 is 5.32 Å². The zero-order valence-electron chi connectivity index (χ0n) is 18.7. The van der Waals surface area contributed by atoms with E-state index in [4.69, 9.17) is 11.6 Å². The van der Waals surface area contributed by atoms with Gasteiger partial charge in [0.05, 0.1) is 16.6 Å². The van der Waals surface area contributed by atoms with Crippen LogP contribution in [0.15, 0.2) is 71.6 Å². The van der Waals surface area contributed by atoms with Crippen molar-refractivity contribution in [2.24, 2.45) is 0 Å². The summed E-state index contributed by atoms with van der Waals surface area (Å²) in [5, 5.41) is 3.47. The van der Waals surface area contributed by atoms with Crippen molar-refractivity contribution in [3.63, 3.8) is 0 Å². The van der Waals surface area contributed by atoms with Crippen molar-refractivity contribution in [2.75, 3.05) is 10.8 Å². The minimum atomic E-state index is -3.99. The number of benzene rings is 3. The van der Waals surface area contributed by atoms with Crippen molar-refractivity contribution < 1.29 is 13.2 Å². The van der Waals surface area contributed by atoms with Crippen LogP contribution in [0, 0.1) is 13.8 Å². The first-order valence-electron chi connectivity index (χ1n) is 11.0. The van der Waals surface area contributed by atoms with Crippen LogP contribution in [0.1, 0.15) is 41.1 Å². The molecule has 0 radical (unpaired) electrons. The summed E-state index contributed by atoms with van der Waals surface area (Å²) in [4.78, 5) is 13.3. The van der Waals surface area contributed by atoms with E-state index in [-0.39, 0.29) is 23.4 Å². The van der Waals surface area contributed by atoms with Crippen LogP contribution in [-0.4, -0.2) is 20.9 Å². The number of hydrogen-bond acceptors (Lipinski definition) is 3.